The Kier molecular flexibility index (Phi) is 5.53. The fraction of sp³-hybridized carbons (Fsp3) is 0.625. The average molecular weight is 276 g/mol. The van der Waals surface area contributed by atoms with Gasteiger partial charge in [0.2, 0.25) is 0 Å². The summed E-state index contributed by atoms with van der Waals surface area (Å²) in [5.41, 5.74) is 1.22. The van der Waals surface area contributed by atoms with E-state index in [1.807, 2.05) is 6.07 Å². The first-order valence-electron chi connectivity index (χ1n) is 7.71. The Morgan fingerprint density at radius 3 is 2.60 bits per heavy atom. The number of hydrogen-bond donors (Lipinski definition) is 1. The highest BCUT2D eigenvalue weighted by Gasteiger charge is 2.18. The molecule has 1 aliphatic rings. The van der Waals surface area contributed by atoms with Crippen LogP contribution in [-0.2, 0) is 0 Å². The first-order chi connectivity index (χ1) is 9.70. The number of hydrogen-bond acceptors (Lipinski definition) is 3. The van der Waals surface area contributed by atoms with Crippen LogP contribution in [0, 0.1) is 10.1 Å². The first kappa shape index (κ1) is 15.0. The van der Waals surface area contributed by atoms with Crippen molar-refractivity contribution >= 4 is 5.69 Å². The predicted molar refractivity (Wildman–Crippen MR) is 80.8 cm³/mol. The Bertz CT molecular complexity index is 440. The second-order valence-electron chi connectivity index (χ2n) is 5.67. The van der Waals surface area contributed by atoms with Crippen LogP contribution in [0.4, 0.5) is 5.69 Å². The lowest BCUT2D eigenvalue weighted by atomic mass is 10.0. The van der Waals surface area contributed by atoms with E-state index in [1.165, 1.54) is 38.5 Å². The summed E-state index contributed by atoms with van der Waals surface area (Å²) in [7, 11) is 0. The predicted octanol–water partition coefficient (Wildman–Crippen LogP) is 4.36. The number of nitrogens with zero attached hydrogens (tertiary/aromatic N) is 1. The third-order valence-electron chi connectivity index (χ3n) is 4.18. The second kappa shape index (κ2) is 7.39. The molecule has 110 valence electrons. The first-order valence-corrected chi connectivity index (χ1v) is 7.71. The zero-order valence-electron chi connectivity index (χ0n) is 12.2. The minimum atomic E-state index is -0.318. The number of rotatable bonds is 5. The highest BCUT2D eigenvalue weighted by Crippen LogP contribution is 2.25. The number of nitro benzene ring substituents is 1. The van der Waals surface area contributed by atoms with Crippen molar-refractivity contribution in [2.45, 2.75) is 64.0 Å². The second-order valence-corrected chi connectivity index (χ2v) is 5.67. The molecule has 0 radical (unpaired) electrons. The third-order valence-corrected chi connectivity index (χ3v) is 4.18. The smallest absolute Gasteiger partial charge is 0.269 e. The van der Waals surface area contributed by atoms with Crippen LogP contribution in [0.5, 0.6) is 0 Å². The maximum atomic E-state index is 10.9. The van der Waals surface area contributed by atoms with Crippen molar-refractivity contribution in [2.75, 3.05) is 0 Å². The molecule has 1 saturated carbocycles. The molecule has 0 aliphatic heterocycles. The van der Waals surface area contributed by atoms with E-state index in [-0.39, 0.29) is 16.7 Å². The van der Waals surface area contributed by atoms with E-state index in [9.17, 15) is 10.1 Å². The Morgan fingerprint density at radius 1 is 1.30 bits per heavy atom. The maximum absolute atomic E-state index is 10.9. The van der Waals surface area contributed by atoms with E-state index in [4.69, 9.17) is 0 Å². The van der Waals surface area contributed by atoms with Gasteiger partial charge in [0.1, 0.15) is 0 Å². The van der Waals surface area contributed by atoms with Gasteiger partial charge < -0.3 is 5.32 Å². The standard InChI is InChI=1S/C16H24N2O2/c1-2-16(17-14-9-5-3-4-6-10-14)13-8-7-11-15(12-13)18(19)20/h7-8,11-12,14,16-17H,2-6,9-10H2,1H3. The van der Waals surface area contributed by atoms with E-state index in [0.717, 1.165) is 12.0 Å². The number of benzene rings is 1. The lowest BCUT2D eigenvalue weighted by Gasteiger charge is -2.24. The molecular formula is C16H24N2O2. The lowest BCUT2D eigenvalue weighted by Crippen LogP contribution is -2.32. The van der Waals surface area contributed by atoms with Crippen LogP contribution in [0.25, 0.3) is 0 Å². The summed E-state index contributed by atoms with van der Waals surface area (Å²) in [5, 5.41) is 14.6. The molecule has 2 rings (SSSR count). The minimum absolute atomic E-state index is 0.184. The Balaban J connectivity index is 2.06. The number of nitrogens with one attached hydrogen (secondary N) is 1. The fourth-order valence-electron chi connectivity index (χ4n) is 3.04. The third kappa shape index (κ3) is 4.04. The van der Waals surface area contributed by atoms with Crippen molar-refractivity contribution in [3.63, 3.8) is 0 Å². The monoisotopic (exact) mass is 276 g/mol. The van der Waals surface area contributed by atoms with Crippen molar-refractivity contribution < 1.29 is 4.92 Å². The molecule has 0 heterocycles. The summed E-state index contributed by atoms with van der Waals surface area (Å²) in [6, 6.07) is 7.81. The topological polar surface area (TPSA) is 55.2 Å². The molecule has 0 bridgehead atoms. The summed E-state index contributed by atoms with van der Waals surface area (Å²) in [6.07, 6.45) is 8.68. The highest BCUT2D eigenvalue weighted by atomic mass is 16.6. The highest BCUT2D eigenvalue weighted by molar-refractivity contribution is 5.35. The van der Waals surface area contributed by atoms with Gasteiger partial charge in [0.15, 0.2) is 0 Å². The van der Waals surface area contributed by atoms with Crippen LogP contribution in [0.2, 0.25) is 0 Å². The molecule has 1 fully saturated rings. The van der Waals surface area contributed by atoms with Gasteiger partial charge in [-0.05, 0) is 24.8 Å². The average Bonchev–Trinajstić information content (AvgIpc) is 2.73. The Labute approximate surface area is 120 Å². The van der Waals surface area contributed by atoms with Crippen molar-refractivity contribution in [1.82, 2.24) is 5.32 Å². The van der Waals surface area contributed by atoms with Gasteiger partial charge >= 0.3 is 0 Å². The van der Waals surface area contributed by atoms with E-state index in [0.29, 0.717) is 6.04 Å². The van der Waals surface area contributed by atoms with Crippen LogP contribution in [0.15, 0.2) is 24.3 Å². The zero-order chi connectivity index (χ0) is 14.4. The quantitative estimate of drug-likeness (QED) is 0.494. The van der Waals surface area contributed by atoms with Crippen LogP contribution >= 0.6 is 0 Å². The molecule has 0 saturated heterocycles. The molecular weight excluding hydrogens is 252 g/mol. The number of non-ortho nitro benzene ring substituents is 1. The van der Waals surface area contributed by atoms with Gasteiger partial charge in [0.05, 0.1) is 4.92 Å². The van der Waals surface area contributed by atoms with Crippen LogP contribution in [-0.4, -0.2) is 11.0 Å². The summed E-state index contributed by atoms with van der Waals surface area (Å²) >= 11 is 0. The van der Waals surface area contributed by atoms with Crippen molar-refractivity contribution in [2.24, 2.45) is 0 Å². The zero-order valence-corrected chi connectivity index (χ0v) is 12.2. The Hall–Kier alpha value is -1.42. The summed E-state index contributed by atoms with van der Waals surface area (Å²) in [4.78, 5) is 10.6. The molecule has 0 aromatic heterocycles. The van der Waals surface area contributed by atoms with Crippen LogP contribution in [0.1, 0.15) is 63.5 Å². The molecule has 1 aromatic rings. The van der Waals surface area contributed by atoms with E-state index >= 15 is 0 Å². The van der Waals surface area contributed by atoms with Gasteiger partial charge in [-0.25, -0.2) is 0 Å². The molecule has 20 heavy (non-hydrogen) atoms. The summed E-state index contributed by atoms with van der Waals surface area (Å²) in [6.45, 7) is 2.13. The van der Waals surface area contributed by atoms with Gasteiger partial charge in [-0.15, -0.1) is 0 Å². The van der Waals surface area contributed by atoms with E-state index < -0.39 is 0 Å². The van der Waals surface area contributed by atoms with Crippen LogP contribution in [0.3, 0.4) is 0 Å². The maximum Gasteiger partial charge on any atom is 0.269 e. The molecule has 1 aliphatic carbocycles. The summed E-state index contributed by atoms with van der Waals surface area (Å²) in [5.74, 6) is 0. The number of nitro groups is 1. The molecule has 0 spiro atoms. The fourth-order valence-corrected chi connectivity index (χ4v) is 3.04. The normalized spacial score (nSPS) is 18.4. The molecule has 1 aromatic carbocycles. The van der Waals surface area contributed by atoms with Crippen LogP contribution < -0.4 is 5.32 Å². The molecule has 1 N–H and O–H groups in total. The van der Waals surface area contributed by atoms with Gasteiger partial charge in [0, 0.05) is 24.2 Å². The largest absolute Gasteiger partial charge is 0.307 e. The van der Waals surface area contributed by atoms with Crippen molar-refractivity contribution in [3.05, 3.63) is 39.9 Å². The molecule has 1 atom stereocenters. The molecule has 4 heteroatoms. The van der Waals surface area contributed by atoms with Gasteiger partial charge in [-0.1, -0.05) is 44.7 Å². The van der Waals surface area contributed by atoms with Crippen molar-refractivity contribution in [1.29, 1.82) is 0 Å². The molecule has 4 nitrogen and oxygen atoms in total. The summed E-state index contributed by atoms with van der Waals surface area (Å²) < 4.78 is 0. The van der Waals surface area contributed by atoms with E-state index in [1.54, 1.807) is 18.2 Å². The van der Waals surface area contributed by atoms with Gasteiger partial charge in [0.25, 0.3) is 5.69 Å². The SMILES string of the molecule is CCC(NC1CCCCCC1)c1cccc([N+](=O)[O-])c1. The lowest BCUT2D eigenvalue weighted by molar-refractivity contribution is -0.384. The van der Waals surface area contributed by atoms with Gasteiger partial charge in [-0.3, -0.25) is 10.1 Å². The minimum Gasteiger partial charge on any atom is -0.307 e. The Morgan fingerprint density at radius 2 is 2.00 bits per heavy atom. The molecule has 1 unspecified atom stereocenters. The van der Waals surface area contributed by atoms with Gasteiger partial charge in [-0.2, -0.15) is 0 Å². The van der Waals surface area contributed by atoms with E-state index in [2.05, 4.69) is 12.2 Å². The van der Waals surface area contributed by atoms with Crippen molar-refractivity contribution in [3.8, 4) is 0 Å². The molecule has 0 amide bonds.